The van der Waals surface area contributed by atoms with Crippen molar-refractivity contribution in [3.05, 3.63) is 24.3 Å². The van der Waals surface area contributed by atoms with E-state index in [9.17, 15) is 4.79 Å². The fraction of sp³-hybridized carbons (Fsp3) is 0.545. The van der Waals surface area contributed by atoms with Crippen molar-refractivity contribution in [1.82, 2.24) is 0 Å². The summed E-state index contributed by atoms with van der Waals surface area (Å²) in [5.74, 6) is -0.226. The molecule has 0 aromatic heterocycles. The minimum Gasteiger partial charge on any atom is -0.462 e. The van der Waals surface area contributed by atoms with E-state index in [1.54, 1.807) is 0 Å². The number of hydrogen-bond acceptors (Lipinski definition) is 2. The smallest absolute Gasteiger partial charge is 0.302 e. The van der Waals surface area contributed by atoms with Gasteiger partial charge < -0.3 is 4.74 Å². The second kappa shape index (κ2) is 9.04. The lowest BCUT2D eigenvalue weighted by Crippen LogP contribution is -1.97. The summed E-state index contributed by atoms with van der Waals surface area (Å²) < 4.78 is 4.73. The Kier molecular flexibility index (Phi) is 8.31. The number of carbonyl (C=O) groups is 1. The molecule has 0 aromatic rings. The van der Waals surface area contributed by atoms with Gasteiger partial charge in [-0.2, -0.15) is 0 Å². The first kappa shape index (κ1) is 11.9. The van der Waals surface area contributed by atoms with E-state index in [-0.39, 0.29) is 5.97 Å². The molecule has 2 nitrogen and oxygen atoms in total. The number of hydrogen-bond donors (Lipinski definition) is 0. The van der Waals surface area contributed by atoms with Crippen LogP contribution in [0, 0.1) is 0 Å². The van der Waals surface area contributed by atoms with Crippen LogP contribution in [-0.2, 0) is 9.53 Å². The molecule has 0 amide bonds. The van der Waals surface area contributed by atoms with E-state index in [1.165, 1.54) is 6.92 Å². The molecule has 0 aliphatic carbocycles. The molecule has 2 heteroatoms. The molecule has 0 aliphatic rings. The van der Waals surface area contributed by atoms with Crippen molar-refractivity contribution in [1.29, 1.82) is 0 Å². The van der Waals surface area contributed by atoms with Crippen LogP contribution in [0.15, 0.2) is 24.3 Å². The molecule has 0 saturated carbocycles. The zero-order chi connectivity index (χ0) is 9.94. The van der Waals surface area contributed by atoms with E-state index in [2.05, 4.69) is 19.1 Å². The maximum atomic E-state index is 10.4. The van der Waals surface area contributed by atoms with Crippen LogP contribution in [0.1, 0.15) is 33.1 Å². The molecule has 0 N–H and O–H groups in total. The van der Waals surface area contributed by atoms with Gasteiger partial charge in [0.1, 0.15) is 6.61 Å². The van der Waals surface area contributed by atoms with E-state index in [4.69, 9.17) is 4.74 Å². The number of rotatable bonds is 6. The molecule has 0 heterocycles. The Morgan fingerprint density at radius 2 is 1.77 bits per heavy atom. The third-order valence-corrected chi connectivity index (χ3v) is 1.45. The monoisotopic (exact) mass is 182 g/mol. The number of unbranched alkanes of at least 4 members (excludes halogenated alkanes) is 1. The molecular formula is C11H18O2. The predicted molar refractivity (Wildman–Crippen MR) is 54.4 cm³/mol. The summed E-state index contributed by atoms with van der Waals surface area (Å²) in [7, 11) is 0. The summed E-state index contributed by atoms with van der Waals surface area (Å²) in [6.45, 7) is 3.93. The minimum atomic E-state index is -0.226. The van der Waals surface area contributed by atoms with Gasteiger partial charge in [0.2, 0.25) is 0 Å². The van der Waals surface area contributed by atoms with Crippen LogP contribution in [0.25, 0.3) is 0 Å². The van der Waals surface area contributed by atoms with E-state index in [0.717, 1.165) is 19.3 Å². The lowest BCUT2D eigenvalue weighted by Gasteiger charge is -1.93. The van der Waals surface area contributed by atoms with Crippen LogP contribution >= 0.6 is 0 Å². The summed E-state index contributed by atoms with van der Waals surface area (Å²) in [5.41, 5.74) is 0. The molecule has 0 saturated heterocycles. The molecule has 13 heavy (non-hydrogen) atoms. The van der Waals surface area contributed by atoms with Crippen LogP contribution in [0.3, 0.4) is 0 Å². The Hall–Kier alpha value is -1.05. The SMILES string of the molecule is CC/C=C/CC/C=C\COC(C)=O. The van der Waals surface area contributed by atoms with Crippen molar-refractivity contribution in [2.24, 2.45) is 0 Å². The van der Waals surface area contributed by atoms with Gasteiger partial charge in [-0.05, 0) is 19.3 Å². The molecule has 0 fully saturated rings. The lowest BCUT2D eigenvalue weighted by molar-refractivity contribution is -0.139. The Morgan fingerprint density at radius 1 is 1.15 bits per heavy atom. The summed E-state index contributed by atoms with van der Waals surface area (Å²) in [6, 6.07) is 0. The molecule has 0 atom stereocenters. The van der Waals surface area contributed by atoms with Crippen LogP contribution in [0.4, 0.5) is 0 Å². The van der Waals surface area contributed by atoms with Gasteiger partial charge in [-0.3, -0.25) is 4.79 Å². The molecule has 0 radical (unpaired) electrons. The van der Waals surface area contributed by atoms with Crippen molar-refractivity contribution in [2.75, 3.05) is 6.61 Å². The van der Waals surface area contributed by atoms with Crippen LogP contribution in [0.5, 0.6) is 0 Å². The van der Waals surface area contributed by atoms with Gasteiger partial charge >= 0.3 is 5.97 Å². The Balaban J connectivity index is 3.22. The molecule has 0 aromatic carbocycles. The van der Waals surface area contributed by atoms with Gasteiger partial charge in [0, 0.05) is 6.92 Å². The summed E-state index contributed by atoms with van der Waals surface area (Å²) >= 11 is 0. The summed E-state index contributed by atoms with van der Waals surface area (Å²) in [6.07, 6.45) is 11.4. The summed E-state index contributed by atoms with van der Waals surface area (Å²) in [5, 5.41) is 0. The molecule has 0 unspecified atom stereocenters. The van der Waals surface area contributed by atoms with Gasteiger partial charge in [-0.25, -0.2) is 0 Å². The molecule has 0 aliphatic heterocycles. The highest BCUT2D eigenvalue weighted by molar-refractivity contribution is 5.65. The first-order chi connectivity index (χ1) is 6.27. The molecular weight excluding hydrogens is 164 g/mol. The minimum absolute atomic E-state index is 0.226. The second-order valence-corrected chi connectivity index (χ2v) is 2.73. The van der Waals surface area contributed by atoms with Crippen molar-refractivity contribution >= 4 is 5.97 Å². The van der Waals surface area contributed by atoms with Crippen molar-refractivity contribution < 1.29 is 9.53 Å². The number of allylic oxidation sites excluding steroid dienone is 3. The topological polar surface area (TPSA) is 26.3 Å². The number of esters is 1. The van der Waals surface area contributed by atoms with Crippen LogP contribution in [-0.4, -0.2) is 12.6 Å². The van der Waals surface area contributed by atoms with Gasteiger partial charge in [-0.1, -0.05) is 31.2 Å². The maximum Gasteiger partial charge on any atom is 0.302 e. The first-order valence-corrected chi connectivity index (χ1v) is 4.70. The Labute approximate surface area is 80.3 Å². The highest BCUT2D eigenvalue weighted by Gasteiger charge is 1.85. The normalized spacial score (nSPS) is 11.2. The number of ether oxygens (including phenoxy) is 1. The number of carbonyl (C=O) groups excluding carboxylic acids is 1. The van der Waals surface area contributed by atoms with E-state index in [0.29, 0.717) is 6.61 Å². The highest BCUT2D eigenvalue weighted by atomic mass is 16.5. The zero-order valence-corrected chi connectivity index (χ0v) is 8.45. The van der Waals surface area contributed by atoms with Gasteiger partial charge in [0.25, 0.3) is 0 Å². The molecule has 0 rings (SSSR count). The third-order valence-electron chi connectivity index (χ3n) is 1.45. The maximum absolute atomic E-state index is 10.4. The second-order valence-electron chi connectivity index (χ2n) is 2.73. The van der Waals surface area contributed by atoms with Gasteiger partial charge in [0.15, 0.2) is 0 Å². The van der Waals surface area contributed by atoms with Crippen molar-refractivity contribution in [3.63, 3.8) is 0 Å². The Bertz CT molecular complexity index is 181. The summed E-state index contributed by atoms with van der Waals surface area (Å²) in [4.78, 5) is 10.4. The van der Waals surface area contributed by atoms with Gasteiger partial charge in [-0.15, -0.1) is 0 Å². The third kappa shape index (κ3) is 10.9. The van der Waals surface area contributed by atoms with Gasteiger partial charge in [0.05, 0.1) is 0 Å². The van der Waals surface area contributed by atoms with Crippen molar-refractivity contribution in [3.8, 4) is 0 Å². The quantitative estimate of drug-likeness (QED) is 0.358. The van der Waals surface area contributed by atoms with Crippen LogP contribution in [0.2, 0.25) is 0 Å². The standard InChI is InChI=1S/C11H18O2/c1-3-4-5-6-7-8-9-10-13-11(2)12/h4-5,8-9H,3,6-7,10H2,1-2H3/b5-4+,9-8-. The highest BCUT2D eigenvalue weighted by Crippen LogP contribution is 1.94. The van der Waals surface area contributed by atoms with E-state index >= 15 is 0 Å². The van der Waals surface area contributed by atoms with E-state index in [1.807, 2.05) is 12.2 Å². The first-order valence-electron chi connectivity index (χ1n) is 4.70. The molecule has 0 spiro atoms. The van der Waals surface area contributed by atoms with Crippen LogP contribution < -0.4 is 0 Å². The largest absolute Gasteiger partial charge is 0.462 e. The average molecular weight is 182 g/mol. The van der Waals surface area contributed by atoms with E-state index < -0.39 is 0 Å². The predicted octanol–water partition coefficient (Wildman–Crippen LogP) is 2.85. The van der Waals surface area contributed by atoms with Crippen molar-refractivity contribution in [2.45, 2.75) is 33.1 Å². The lowest BCUT2D eigenvalue weighted by atomic mass is 10.2. The molecule has 0 bridgehead atoms. The average Bonchev–Trinajstić information content (AvgIpc) is 2.09. The zero-order valence-electron chi connectivity index (χ0n) is 8.45. The molecule has 74 valence electrons. The fourth-order valence-corrected chi connectivity index (χ4v) is 0.828. The fourth-order valence-electron chi connectivity index (χ4n) is 0.828. The Morgan fingerprint density at radius 3 is 2.31 bits per heavy atom.